The molecule has 1 aliphatic rings. The number of unbranched alkanes of at least 4 members (excludes halogenated alkanes) is 37. The number of hydrogen-bond donors (Lipinski definition) is 8. The molecule has 410 valence electrons. The van der Waals surface area contributed by atoms with Crippen molar-refractivity contribution in [2.24, 2.45) is 0 Å². The predicted molar refractivity (Wildman–Crippen MR) is 284 cm³/mol. The van der Waals surface area contributed by atoms with Gasteiger partial charge in [0.1, 0.15) is 36.6 Å². The summed E-state index contributed by atoms with van der Waals surface area (Å²) in [7, 11) is 0. The van der Waals surface area contributed by atoms with Gasteiger partial charge in [0.25, 0.3) is 0 Å². The summed E-state index contributed by atoms with van der Waals surface area (Å²) in [5.74, 6) is -0.702. The lowest BCUT2D eigenvalue weighted by molar-refractivity contribution is -0.303. The number of carbonyl (C=O) groups excluding carboxylic acids is 1. The topological polar surface area (TPSA) is 189 Å². The average molecular weight is 985 g/mol. The third-order valence-corrected chi connectivity index (χ3v) is 14.6. The third-order valence-electron chi connectivity index (χ3n) is 14.6. The van der Waals surface area contributed by atoms with Gasteiger partial charge in [0.2, 0.25) is 5.91 Å². The minimum atomic E-state index is -1.66. The molecule has 9 unspecified atom stereocenters. The summed E-state index contributed by atoms with van der Waals surface area (Å²) >= 11 is 0. The molecule has 1 rings (SSSR count). The van der Waals surface area contributed by atoms with Crippen LogP contribution in [-0.4, -0.2) is 110 Å². The van der Waals surface area contributed by atoms with E-state index < -0.39 is 74.2 Å². The first-order valence-corrected chi connectivity index (χ1v) is 29.6. The Balaban J connectivity index is 2.19. The molecule has 1 fully saturated rings. The van der Waals surface area contributed by atoms with Crippen LogP contribution in [0.25, 0.3) is 0 Å². The van der Waals surface area contributed by atoms with E-state index >= 15 is 0 Å². The van der Waals surface area contributed by atoms with Crippen molar-refractivity contribution in [3.05, 3.63) is 12.2 Å². The highest BCUT2D eigenvalue weighted by atomic mass is 16.7. The number of ether oxygens (including phenoxy) is 2. The second-order valence-corrected chi connectivity index (χ2v) is 21.1. The van der Waals surface area contributed by atoms with Crippen LogP contribution in [0.1, 0.15) is 284 Å². The molecule has 1 amide bonds. The van der Waals surface area contributed by atoms with E-state index in [9.17, 15) is 40.5 Å². The van der Waals surface area contributed by atoms with Crippen molar-refractivity contribution in [3.63, 3.8) is 0 Å². The first kappa shape index (κ1) is 65.9. The zero-order valence-electron chi connectivity index (χ0n) is 44.8. The normalized spacial score (nSPS) is 20.4. The van der Waals surface area contributed by atoms with Gasteiger partial charge in [-0.2, -0.15) is 0 Å². The lowest BCUT2D eigenvalue weighted by Gasteiger charge is -2.40. The number of aliphatic hydroxyl groups is 7. The minimum absolute atomic E-state index is 0.259. The van der Waals surface area contributed by atoms with Crippen LogP contribution < -0.4 is 5.32 Å². The van der Waals surface area contributed by atoms with E-state index in [-0.39, 0.29) is 12.8 Å². The maximum atomic E-state index is 13.2. The van der Waals surface area contributed by atoms with Crippen LogP contribution in [0.4, 0.5) is 0 Å². The standard InChI is InChI=1S/C58H113NO10/c1-3-5-7-9-11-13-15-17-18-19-20-21-22-23-24-25-26-27-28-29-30-31-32-33-34-36-38-40-42-44-46-51(62)57(67)59-49(48-68-58-56(66)55(65)54(64)52(47-60)69-58)53(63)50(61)45-43-41-39-37-35-16-14-12-10-8-6-4-2/h37,39,49-56,58,60-66H,3-36,38,40-48H2,1-2H3,(H,59,67)/b39-37+. The second-order valence-electron chi connectivity index (χ2n) is 21.1. The average Bonchev–Trinajstić information content (AvgIpc) is 3.35. The van der Waals surface area contributed by atoms with Gasteiger partial charge in [0, 0.05) is 0 Å². The maximum Gasteiger partial charge on any atom is 0.249 e. The Bertz CT molecular complexity index is 1130. The van der Waals surface area contributed by atoms with Crippen LogP contribution in [0.3, 0.4) is 0 Å². The minimum Gasteiger partial charge on any atom is -0.394 e. The fraction of sp³-hybridized carbons (Fsp3) is 0.948. The lowest BCUT2D eigenvalue weighted by atomic mass is 9.98. The maximum absolute atomic E-state index is 13.2. The van der Waals surface area contributed by atoms with Crippen molar-refractivity contribution < 1.29 is 50.0 Å². The number of nitrogens with one attached hydrogen (secondary N) is 1. The quantitative estimate of drug-likeness (QED) is 0.0215. The van der Waals surface area contributed by atoms with Crippen LogP contribution in [0.15, 0.2) is 12.2 Å². The molecule has 11 heteroatoms. The van der Waals surface area contributed by atoms with Crippen LogP contribution in [0.5, 0.6) is 0 Å². The van der Waals surface area contributed by atoms with Crippen molar-refractivity contribution in [1.82, 2.24) is 5.32 Å². The highest BCUT2D eigenvalue weighted by Gasteiger charge is 2.44. The number of hydrogen-bond acceptors (Lipinski definition) is 10. The largest absolute Gasteiger partial charge is 0.394 e. The zero-order valence-corrected chi connectivity index (χ0v) is 44.8. The summed E-state index contributed by atoms with van der Waals surface area (Å²) < 4.78 is 11.1. The van der Waals surface area contributed by atoms with E-state index in [1.54, 1.807) is 0 Å². The summed E-state index contributed by atoms with van der Waals surface area (Å²) in [5.41, 5.74) is 0. The Morgan fingerprint density at radius 2 is 0.855 bits per heavy atom. The molecule has 1 heterocycles. The van der Waals surface area contributed by atoms with Gasteiger partial charge in [-0.15, -0.1) is 0 Å². The van der Waals surface area contributed by atoms with E-state index in [1.165, 1.54) is 205 Å². The fourth-order valence-electron chi connectivity index (χ4n) is 9.74. The van der Waals surface area contributed by atoms with Gasteiger partial charge in [-0.25, -0.2) is 0 Å². The highest BCUT2D eigenvalue weighted by Crippen LogP contribution is 2.23. The second kappa shape index (κ2) is 47.8. The van der Waals surface area contributed by atoms with E-state index in [2.05, 4.69) is 31.3 Å². The molecule has 0 aromatic heterocycles. The van der Waals surface area contributed by atoms with Crippen molar-refractivity contribution in [1.29, 1.82) is 0 Å². The molecule has 0 aliphatic carbocycles. The van der Waals surface area contributed by atoms with Crippen LogP contribution in [-0.2, 0) is 14.3 Å². The molecule has 0 spiro atoms. The molecular weight excluding hydrogens is 871 g/mol. The number of amides is 1. The first-order chi connectivity index (χ1) is 33.7. The Kier molecular flexibility index (Phi) is 45.7. The molecule has 0 bridgehead atoms. The zero-order chi connectivity index (χ0) is 50.4. The number of rotatable bonds is 51. The Morgan fingerprint density at radius 1 is 0.493 bits per heavy atom. The van der Waals surface area contributed by atoms with Gasteiger partial charge in [-0.3, -0.25) is 4.79 Å². The Morgan fingerprint density at radius 3 is 1.25 bits per heavy atom. The molecule has 0 aromatic rings. The highest BCUT2D eigenvalue weighted by molar-refractivity contribution is 5.80. The van der Waals surface area contributed by atoms with E-state index in [1.807, 2.05) is 0 Å². The molecule has 1 aliphatic heterocycles. The number of aliphatic hydroxyl groups excluding tert-OH is 7. The van der Waals surface area contributed by atoms with Crippen LogP contribution in [0, 0.1) is 0 Å². The van der Waals surface area contributed by atoms with Gasteiger partial charge < -0.3 is 50.5 Å². The van der Waals surface area contributed by atoms with Crippen LogP contribution >= 0.6 is 0 Å². The molecule has 0 aromatic carbocycles. The Hall–Kier alpha value is -1.15. The molecule has 11 nitrogen and oxygen atoms in total. The third kappa shape index (κ3) is 36.4. The molecule has 9 atom stereocenters. The number of allylic oxidation sites excluding steroid dienone is 2. The lowest BCUT2D eigenvalue weighted by Crippen LogP contribution is -2.60. The number of carbonyl (C=O) groups is 1. The summed E-state index contributed by atoms with van der Waals surface area (Å²) in [6.07, 6.45) is 44.4. The Labute approximate surface area is 423 Å². The fourth-order valence-corrected chi connectivity index (χ4v) is 9.74. The molecule has 69 heavy (non-hydrogen) atoms. The van der Waals surface area contributed by atoms with Crippen molar-refractivity contribution in [2.75, 3.05) is 13.2 Å². The van der Waals surface area contributed by atoms with Crippen molar-refractivity contribution in [2.45, 2.75) is 339 Å². The van der Waals surface area contributed by atoms with E-state index in [0.717, 1.165) is 38.5 Å². The first-order valence-electron chi connectivity index (χ1n) is 29.6. The summed E-state index contributed by atoms with van der Waals surface area (Å²) in [6.45, 7) is 3.45. The van der Waals surface area contributed by atoms with E-state index in [4.69, 9.17) is 9.47 Å². The monoisotopic (exact) mass is 984 g/mol. The van der Waals surface area contributed by atoms with Crippen molar-refractivity contribution in [3.8, 4) is 0 Å². The predicted octanol–water partition coefficient (Wildman–Crippen LogP) is 12.4. The summed E-state index contributed by atoms with van der Waals surface area (Å²) in [5, 5.41) is 75.9. The van der Waals surface area contributed by atoms with Gasteiger partial charge in [-0.1, -0.05) is 257 Å². The summed E-state index contributed by atoms with van der Waals surface area (Å²) in [4.78, 5) is 13.2. The van der Waals surface area contributed by atoms with Gasteiger partial charge >= 0.3 is 0 Å². The molecular formula is C58H113NO10. The molecule has 1 saturated heterocycles. The van der Waals surface area contributed by atoms with Crippen molar-refractivity contribution >= 4 is 5.91 Å². The molecule has 0 saturated carbocycles. The smallest absolute Gasteiger partial charge is 0.249 e. The SMILES string of the molecule is CCCCCCCCC/C=C/CCCC(O)C(O)C(COC1OC(CO)C(O)C(O)C1O)NC(=O)C(O)CCCCCCCCCCCCCCCCCCCCCCCCCCCCCCCC. The van der Waals surface area contributed by atoms with Crippen LogP contribution in [0.2, 0.25) is 0 Å². The van der Waals surface area contributed by atoms with Gasteiger partial charge in [0.05, 0.1) is 25.4 Å². The van der Waals surface area contributed by atoms with Gasteiger partial charge in [0.15, 0.2) is 6.29 Å². The van der Waals surface area contributed by atoms with Gasteiger partial charge in [-0.05, 0) is 38.5 Å². The molecule has 0 radical (unpaired) electrons. The van der Waals surface area contributed by atoms with E-state index in [0.29, 0.717) is 12.8 Å². The summed E-state index contributed by atoms with van der Waals surface area (Å²) in [6, 6.07) is -1.18. The molecule has 8 N–H and O–H groups in total.